The Balaban J connectivity index is 2.83. The van der Waals surface area contributed by atoms with Gasteiger partial charge >= 0.3 is 11.8 Å². The smallest absolute Gasteiger partial charge is 0.363 e. The molecule has 1 aromatic rings. The Morgan fingerprint density at radius 1 is 1.42 bits per heavy atom. The lowest BCUT2D eigenvalue weighted by molar-refractivity contribution is -0.389. The molecule has 0 saturated heterocycles. The van der Waals surface area contributed by atoms with E-state index in [1.54, 1.807) is 4.90 Å². The van der Waals surface area contributed by atoms with Gasteiger partial charge in [-0.1, -0.05) is 0 Å². The Labute approximate surface area is 110 Å². The molecular weight excluding hydrogens is 252 g/mol. The summed E-state index contributed by atoms with van der Waals surface area (Å²) in [5, 5.41) is 19.4. The molecule has 0 atom stereocenters. The second-order valence-corrected chi connectivity index (χ2v) is 4.25. The van der Waals surface area contributed by atoms with Gasteiger partial charge in [-0.3, -0.25) is 4.79 Å². The molecule has 0 saturated carbocycles. The van der Waals surface area contributed by atoms with Crippen LogP contribution in [0.25, 0.3) is 0 Å². The molecule has 104 valence electrons. The second kappa shape index (κ2) is 6.64. The number of aliphatic carboxylic acids is 1. The molecule has 0 aliphatic carbocycles. The van der Waals surface area contributed by atoms with Gasteiger partial charge in [0.2, 0.25) is 0 Å². The molecule has 1 aromatic heterocycles. The predicted octanol–water partition coefficient (Wildman–Crippen LogP) is 0.442. The molecular formula is C11H16N4O4. The first-order valence-corrected chi connectivity index (χ1v) is 5.62. The average molecular weight is 268 g/mol. The summed E-state index contributed by atoms with van der Waals surface area (Å²) in [7, 11) is 3.76. The maximum atomic E-state index is 10.8. The molecule has 0 aliphatic rings. The Morgan fingerprint density at radius 3 is 2.53 bits per heavy atom. The van der Waals surface area contributed by atoms with E-state index >= 15 is 0 Å². The van der Waals surface area contributed by atoms with Crippen LogP contribution < -0.4 is 4.90 Å². The Morgan fingerprint density at radius 2 is 2.11 bits per heavy atom. The van der Waals surface area contributed by atoms with Crippen LogP contribution in [0.1, 0.15) is 0 Å². The minimum absolute atomic E-state index is 0.173. The summed E-state index contributed by atoms with van der Waals surface area (Å²) in [4.78, 5) is 28.0. The fourth-order valence-corrected chi connectivity index (χ4v) is 1.46. The molecule has 0 unspecified atom stereocenters. The summed E-state index contributed by atoms with van der Waals surface area (Å²) in [6, 6.07) is 2.77. The van der Waals surface area contributed by atoms with Crippen molar-refractivity contribution >= 4 is 17.5 Å². The molecule has 1 heterocycles. The fourth-order valence-electron chi connectivity index (χ4n) is 1.46. The number of hydrogen-bond donors (Lipinski definition) is 1. The average Bonchev–Trinajstić information content (AvgIpc) is 2.34. The van der Waals surface area contributed by atoms with E-state index in [1.165, 1.54) is 18.3 Å². The number of likely N-dealkylation sites (N-methyl/N-ethyl adjacent to an activating group) is 1. The van der Waals surface area contributed by atoms with Crippen molar-refractivity contribution in [3.05, 3.63) is 28.4 Å². The number of carboxylic acid groups (broad SMARTS) is 1. The number of anilines is 1. The quantitative estimate of drug-likeness (QED) is 0.565. The van der Waals surface area contributed by atoms with Crippen LogP contribution in [0.2, 0.25) is 0 Å². The third-order valence-corrected chi connectivity index (χ3v) is 2.43. The van der Waals surface area contributed by atoms with Crippen molar-refractivity contribution in [2.75, 3.05) is 38.6 Å². The molecule has 1 rings (SSSR count). The number of carbonyl (C=O) groups is 1. The first-order chi connectivity index (χ1) is 8.90. The van der Waals surface area contributed by atoms with Crippen LogP contribution in [0.5, 0.6) is 0 Å². The normalized spacial score (nSPS) is 10.5. The lowest BCUT2D eigenvalue weighted by Crippen LogP contribution is -2.35. The second-order valence-electron chi connectivity index (χ2n) is 4.25. The summed E-state index contributed by atoms with van der Waals surface area (Å²) >= 11 is 0. The predicted molar refractivity (Wildman–Crippen MR) is 69.3 cm³/mol. The van der Waals surface area contributed by atoms with Crippen molar-refractivity contribution in [1.29, 1.82) is 0 Å². The number of pyridine rings is 1. The minimum atomic E-state index is -0.961. The van der Waals surface area contributed by atoms with E-state index in [1.807, 2.05) is 19.0 Å². The zero-order chi connectivity index (χ0) is 14.4. The van der Waals surface area contributed by atoms with Crippen molar-refractivity contribution in [3.63, 3.8) is 0 Å². The monoisotopic (exact) mass is 268 g/mol. The number of carboxylic acids is 1. The van der Waals surface area contributed by atoms with E-state index in [2.05, 4.69) is 4.98 Å². The summed E-state index contributed by atoms with van der Waals surface area (Å²) in [5.41, 5.74) is 0.551. The van der Waals surface area contributed by atoms with E-state index < -0.39 is 10.9 Å². The van der Waals surface area contributed by atoms with Crippen molar-refractivity contribution in [2.24, 2.45) is 0 Å². The zero-order valence-corrected chi connectivity index (χ0v) is 10.8. The first-order valence-electron chi connectivity index (χ1n) is 5.62. The van der Waals surface area contributed by atoms with Gasteiger partial charge in [-0.05, 0) is 30.1 Å². The van der Waals surface area contributed by atoms with Gasteiger partial charge in [0, 0.05) is 19.2 Å². The molecule has 0 amide bonds. The summed E-state index contributed by atoms with van der Waals surface area (Å²) in [5.74, 6) is -1.22. The van der Waals surface area contributed by atoms with Crippen LogP contribution in [0.3, 0.4) is 0 Å². The summed E-state index contributed by atoms with van der Waals surface area (Å²) < 4.78 is 0. The maximum Gasteiger partial charge on any atom is 0.363 e. The SMILES string of the molecule is CN(C)CCN(CC(=O)O)c1ccc([N+](=O)[O-])nc1. The highest BCUT2D eigenvalue weighted by Crippen LogP contribution is 2.16. The molecule has 0 aromatic carbocycles. The van der Waals surface area contributed by atoms with E-state index in [9.17, 15) is 14.9 Å². The van der Waals surface area contributed by atoms with Crippen LogP contribution in [0, 0.1) is 10.1 Å². The highest BCUT2D eigenvalue weighted by atomic mass is 16.6. The molecule has 0 fully saturated rings. The van der Waals surface area contributed by atoms with Crippen LogP contribution in [-0.2, 0) is 4.79 Å². The lowest BCUT2D eigenvalue weighted by Gasteiger charge is -2.23. The van der Waals surface area contributed by atoms with Crippen LogP contribution in [0.4, 0.5) is 11.5 Å². The molecule has 0 aliphatic heterocycles. The highest BCUT2D eigenvalue weighted by molar-refractivity contribution is 5.73. The van der Waals surface area contributed by atoms with Gasteiger partial charge in [-0.15, -0.1) is 0 Å². The third kappa shape index (κ3) is 4.88. The Hall–Kier alpha value is -2.22. The fraction of sp³-hybridized carbons (Fsp3) is 0.455. The Kier molecular flexibility index (Phi) is 5.19. The van der Waals surface area contributed by atoms with Crippen molar-refractivity contribution in [1.82, 2.24) is 9.88 Å². The van der Waals surface area contributed by atoms with Gasteiger partial charge in [0.15, 0.2) is 6.20 Å². The van der Waals surface area contributed by atoms with E-state index in [4.69, 9.17) is 5.11 Å². The standard InChI is InChI=1S/C11H16N4O4/c1-13(2)5-6-14(8-11(16)17)9-3-4-10(12-7-9)15(18)19/h3-4,7H,5-6,8H2,1-2H3,(H,16,17). The minimum Gasteiger partial charge on any atom is -0.480 e. The lowest BCUT2D eigenvalue weighted by atomic mass is 10.3. The number of rotatable bonds is 7. The van der Waals surface area contributed by atoms with E-state index in [-0.39, 0.29) is 12.4 Å². The first kappa shape index (κ1) is 14.8. The zero-order valence-electron chi connectivity index (χ0n) is 10.8. The van der Waals surface area contributed by atoms with Gasteiger partial charge in [0.1, 0.15) is 6.54 Å². The van der Waals surface area contributed by atoms with Crippen molar-refractivity contribution < 1.29 is 14.8 Å². The number of nitro groups is 1. The van der Waals surface area contributed by atoms with Crippen LogP contribution >= 0.6 is 0 Å². The number of aromatic nitrogens is 1. The topological polar surface area (TPSA) is 99.8 Å². The highest BCUT2D eigenvalue weighted by Gasteiger charge is 2.14. The molecule has 0 bridgehead atoms. The Bertz CT molecular complexity index is 447. The molecule has 19 heavy (non-hydrogen) atoms. The maximum absolute atomic E-state index is 10.8. The third-order valence-electron chi connectivity index (χ3n) is 2.43. The van der Waals surface area contributed by atoms with Gasteiger partial charge in [0.05, 0.1) is 5.69 Å². The summed E-state index contributed by atoms with van der Waals surface area (Å²) in [6.07, 6.45) is 1.32. The molecule has 0 spiro atoms. The number of nitrogens with zero attached hydrogens (tertiary/aromatic N) is 4. The van der Waals surface area contributed by atoms with Crippen LogP contribution in [0.15, 0.2) is 18.3 Å². The number of hydrogen-bond acceptors (Lipinski definition) is 6. The summed E-state index contributed by atoms with van der Waals surface area (Å²) in [6.45, 7) is 0.996. The van der Waals surface area contributed by atoms with Gasteiger partial charge in [-0.2, -0.15) is 0 Å². The van der Waals surface area contributed by atoms with Gasteiger partial charge < -0.3 is 25.0 Å². The van der Waals surface area contributed by atoms with Gasteiger partial charge in [0.25, 0.3) is 0 Å². The van der Waals surface area contributed by atoms with E-state index in [0.29, 0.717) is 18.8 Å². The molecule has 8 nitrogen and oxygen atoms in total. The van der Waals surface area contributed by atoms with Crippen LogP contribution in [-0.4, -0.2) is 59.6 Å². The molecule has 1 N–H and O–H groups in total. The largest absolute Gasteiger partial charge is 0.480 e. The molecule has 0 radical (unpaired) electrons. The molecule has 8 heteroatoms. The van der Waals surface area contributed by atoms with Crippen molar-refractivity contribution in [2.45, 2.75) is 0 Å². The van der Waals surface area contributed by atoms with E-state index in [0.717, 1.165) is 0 Å². The van der Waals surface area contributed by atoms with Gasteiger partial charge in [-0.25, -0.2) is 0 Å². The van der Waals surface area contributed by atoms with Crippen molar-refractivity contribution in [3.8, 4) is 0 Å².